The Kier molecular flexibility index (Phi) is 10.4. The van der Waals surface area contributed by atoms with Gasteiger partial charge in [-0.1, -0.05) is 11.8 Å². The van der Waals surface area contributed by atoms with Crippen molar-refractivity contribution in [3.63, 3.8) is 0 Å². The van der Waals surface area contributed by atoms with Crippen molar-refractivity contribution < 1.29 is 4.74 Å². The molecule has 0 aliphatic heterocycles. The molecule has 1 heterocycles. The summed E-state index contributed by atoms with van der Waals surface area (Å²) < 4.78 is 5.31. The summed E-state index contributed by atoms with van der Waals surface area (Å²) in [5.41, 5.74) is 11.7. The zero-order valence-electron chi connectivity index (χ0n) is 10.3. The summed E-state index contributed by atoms with van der Waals surface area (Å²) >= 11 is 0. The van der Waals surface area contributed by atoms with Gasteiger partial charge in [0.15, 0.2) is 0 Å². The van der Waals surface area contributed by atoms with Crippen LogP contribution in [-0.4, -0.2) is 22.6 Å². The zero-order valence-corrected chi connectivity index (χ0v) is 12.0. The number of nitrogens with two attached hydrogens (primary N) is 2. The lowest BCUT2D eigenvalue weighted by molar-refractivity contribution is 0.326. The van der Waals surface area contributed by atoms with Gasteiger partial charge in [0.25, 0.3) is 0 Å². The number of anilines is 1. The first-order chi connectivity index (χ1) is 7.63. The second kappa shape index (κ2) is 9.77. The highest BCUT2D eigenvalue weighted by atomic mass is 35.5. The van der Waals surface area contributed by atoms with Crippen molar-refractivity contribution in [1.29, 1.82) is 0 Å². The molecule has 18 heavy (non-hydrogen) atoms. The molecule has 0 radical (unpaired) electrons. The predicted octanol–water partition coefficient (Wildman–Crippen LogP) is 1.39. The van der Waals surface area contributed by atoms with E-state index in [1.165, 1.54) is 0 Å². The number of hydrogen-bond donors (Lipinski definition) is 2. The first-order valence-corrected chi connectivity index (χ1v) is 5.13. The lowest BCUT2D eigenvalue weighted by Crippen LogP contribution is -2.12. The fourth-order valence-corrected chi connectivity index (χ4v) is 1.02. The summed E-state index contributed by atoms with van der Waals surface area (Å²) in [6, 6.07) is 0.0535. The number of hydrogen-bond acceptors (Lipinski definition) is 5. The largest absolute Gasteiger partial charge is 0.477 e. The fraction of sp³-hybridized carbons (Fsp3) is 0.455. The molecule has 1 aromatic rings. The summed E-state index contributed by atoms with van der Waals surface area (Å²) in [5.74, 6) is 6.47. The van der Waals surface area contributed by atoms with Crippen LogP contribution in [0.15, 0.2) is 6.20 Å². The van der Waals surface area contributed by atoms with Crippen LogP contribution < -0.4 is 16.2 Å². The van der Waals surface area contributed by atoms with Gasteiger partial charge in [0, 0.05) is 12.5 Å². The molecule has 0 fully saturated rings. The normalized spacial score (nSPS) is 10.2. The van der Waals surface area contributed by atoms with Gasteiger partial charge >= 0.3 is 0 Å². The van der Waals surface area contributed by atoms with Crippen LogP contribution in [0.5, 0.6) is 5.88 Å². The maximum Gasteiger partial charge on any atom is 0.234 e. The van der Waals surface area contributed by atoms with E-state index >= 15 is 0 Å². The van der Waals surface area contributed by atoms with E-state index in [0.717, 1.165) is 0 Å². The molecule has 4 N–H and O–H groups in total. The first kappa shape index (κ1) is 19.1. The highest BCUT2D eigenvalue weighted by Crippen LogP contribution is 2.13. The van der Waals surface area contributed by atoms with Crippen molar-refractivity contribution in [3.8, 4) is 17.7 Å². The molecule has 0 bridgehead atoms. The van der Waals surface area contributed by atoms with Gasteiger partial charge in [-0.3, -0.25) is 0 Å². The second-order valence-electron chi connectivity index (χ2n) is 3.36. The van der Waals surface area contributed by atoms with Crippen LogP contribution in [0, 0.1) is 11.8 Å². The van der Waals surface area contributed by atoms with Gasteiger partial charge in [-0.15, -0.1) is 24.8 Å². The minimum absolute atomic E-state index is 0. The number of nitrogens with zero attached hydrogens (tertiary/aromatic N) is 2. The van der Waals surface area contributed by atoms with Crippen molar-refractivity contribution in [2.75, 3.05) is 12.3 Å². The van der Waals surface area contributed by atoms with E-state index in [9.17, 15) is 0 Å². The van der Waals surface area contributed by atoms with Crippen LogP contribution in [-0.2, 0) is 0 Å². The Morgan fingerprint density at radius 3 is 2.67 bits per heavy atom. The molecule has 1 atom stereocenters. The quantitative estimate of drug-likeness (QED) is 0.822. The van der Waals surface area contributed by atoms with Crippen LogP contribution in [0.2, 0.25) is 0 Å². The van der Waals surface area contributed by atoms with Gasteiger partial charge in [-0.25, -0.2) is 4.98 Å². The predicted molar refractivity (Wildman–Crippen MR) is 77.3 cm³/mol. The smallest absolute Gasteiger partial charge is 0.234 e. The van der Waals surface area contributed by atoms with E-state index in [1.54, 1.807) is 6.20 Å². The molecule has 1 aromatic heterocycles. The fourth-order valence-electron chi connectivity index (χ4n) is 1.02. The molecule has 0 aliphatic rings. The van der Waals surface area contributed by atoms with Crippen LogP contribution in [0.4, 0.5) is 5.95 Å². The molecule has 0 aromatic carbocycles. The minimum atomic E-state index is 0. The molecule has 0 unspecified atom stereocenters. The standard InChI is InChI=1S/C11H16N4O.2ClH/c1-3-16-10-9(6-4-5-8(2)12)7-14-11(13)15-10;;/h7-8H,3,5,12H2,1-2H3,(H2,13,14,15);2*1H/t8-;;/m0../s1. The van der Waals surface area contributed by atoms with Crippen molar-refractivity contribution in [2.24, 2.45) is 5.73 Å². The van der Waals surface area contributed by atoms with Gasteiger partial charge in [0.05, 0.1) is 12.8 Å². The summed E-state index contributed by atoms with van der Waals surface area (Å²) in [6.45, 7) is 4.29. The molecule has 0 aliphatic carbocycles. The van der Waals surface area contributed by atoms with Crippen molar-refractivity contribution in [3.05, 3.63) is 11.8 Å². The van der Waals surface area contributed by atoms with Crippen molar-refractivity contribution in [1.82, 2.24) is 9.97 Å². The highest BCUT2D eigenvalue weighted by Gasteiger charge is 2.03. The Hall–Kier alpha value is -1.22. The summed E-state index contributed by atoms with van der Waals surface area (Å²) in [6.07, 6.45) is 2.18. The Morgan fingerprint density at radius 1 is 1.44 bits per heavy atom. The molecule has 5 nitrogen and oxygen atoms in total. The zero-order chi connectivity index (χ0) is 12.0. The average Bonchev–Trinajstić information content (AvgIpc) is 2.21. The van der Waals surface area contributed by atoms with E-state index in [2.05, 4.69) is 21.8 Å². The van der Waals surface area contributed by atoms with Crippen molar-refractivity contribution in [2.45, 2.75) is 26.3 Å². The topological polar surface area (TPSA) is 87.0 Å². The molecule has 102 valence electrons. The number of ether oxygens (including phenoxy) is 1. The van der Waals surface area contributed by atoms with Crippen molar-refractivity contribution >= 4 is 30.8 Å². The maximum absolute atomic E-state index is 5.59. The number of rotatable bonds is 3. The lowest BCUT2D eigenvalue weighted by Gasteiger charge is -2.04. The lowest BCUT2D eigenvalue weighted by atomic mass is 10.2. The van der Waals surface area contributed by atoms with Gasteiger partial charge < -0.3 is 16.2 Å². The molecule has 7 heteroatoms. The molecule has 0 saturated heterocycles. The van der Waals surface area contributed by atoms with Gasteiger partial charge in [0.1, 0.15) is 5.56 Å². The number of aromatic nitrogens is 2. The van der Waals surface area contributed by atoms with Crippen LogP contribution in [0.25, 0.3) is 0 Å². The van der Waals surface area contributed by atoms with Crippen LogP contribution >= 0.6 is 24.8 Å². The van der Waals surface area contributed by atoms with Crippen LogP contribution in [0.3, 0.4) is 0 Å². The van der Waals surface area contributed by atoms with Gasteiger partial charge in [-0.05, 0) is 13.8 Å². The summed E-state index contributed by atoms with van der Waals surface area (Å²) in [4.78, 5) is 7.84. The number of nitrogen functional groups attached to an aromatic ring is 1. The Labute approximate surface area is 120 Å². The van der Waals surface area contributed by atoms with Crippen LogP contribution in [0.1, 0.15) is 25.8 Å². The maximum atomic E-state index is 5.59. The third-order valence-corrected chi connectivity index (χ3v) is 1.70. The third-order valence-electron chi connectivity index (χ3n) is 1.70. The average molecular weight is 293 g/mol. The number of halogens is 2. The Bertz CT molecular complexity index is 415. The summed E-state index contributed by atoms with van der Waals surface area (Å²) in [7, 11) is 0. The first-order valence-electron chi connectivity index (χ1n) is 5.13. The molecule has 1 rings (SSSR count). The van der Waals surface area contributed by atoms with E-state index in [1.807, 2.05) is 13.8 Å². The van der Waals surface area contributed by atoms with E-state index in [4.69, 9.17) is 16.2 Å². The highest BCUT2D eigenvalue weighted by molar-refractivity contribution is 5.85. The monoisotopic (exact) mass is 292 g/mol. The van der Waals surface area contributed by atoms with E-state index in [-0.39, 0.29) is 36.8 Å². The molecular weight excluding hydrogens is 275 g/mol. The second-order valence-corrected chi connectivity index (χ2v) is 3.36. The third kappa shape index (κ3) is 6.50. The Balaban J connectivity index is 0. The molecule has 0 saturated carbocycles. The molecule has 0 amide bonds. The SMILES string of the molecule is CCOc1nc(N)ncc1C#CC[C@H](C)N.Cl.Cl. The molecule has 0 spiro atoms. The minimum Gasteiger partial charge on any atom is -0.477 e. The van der Waals surface area contributed by atoms with Gasteiger partial charge in [-0.2, -0.15) is 4.98 Å². The molecular formula is C11H18Cl2N4O. The Morgan fingerprint density at radius 2 is 2.11 bits per heavy atom. The van der Waals surface area contributed by atoms with E-state index in [0.29, 0.717) is 24.5 Å². The van der Waals surface area contributed by atoms with Gasteiger partial charge in [0.2, 0.25) is 11.8 Å². The van der Waals surface area contributed by atoms with E-state index < -0.39 is 0 Å². The summed E-state index contributed by atoms with van der Waals surface area (Å²) in [5, 5.41) is 0.